The van der Waals surface area contributed by atoms with E-state index in [1.807, 2.05) is 14.1 Å². The van der Waals surface area contributed by atoms with Gasteiger partial charge in [0.25, 0.3) is 5.91 Å². The summed E-state index contributed by atoms with van der Waals surface area (Å²) in [5.74, 6) is 1.05. The quantitative estimate of drug-likeness (QED) is 0.713. The van der Waals surface area contributed by atoms with Crippen molar-refractivity contribution < 1.29 is 19.2 Å². The van der Waals surface area contributed by atoms with E-state index >= 15 is 0 Å². The third-order valence-electron chi connectivity index (χ3n) is 5.67. The number of hydrogen-bond acceptors (Lipinski definition) is 4. The lowest BCUT2D eigenvalue weighted by molar-refractivity contribution is -0.918. The maximum Gasteiger partial charge on any atom is 0.255 e. The lowest BCUT2D eigenvalue weighted by Crippen LogP contribution is -3.11. The largest absolute Gasteiger partial charge is 0.497 e. The van der Waals surface area contributed by atoms with Gasteiger partial charge in [-0.25, -0.2) is 0 Å². The van der Waals surface area contributed by atoms with Gasteiger partial charge in [0.15, 0.2) is 0 Å². The maximum atomic E-state index is 12.9. The predicted molar refractivity (Wildman–Crippen MR) is 115 cm³/mol. The number of quaternary nitrogens is 1. The second kappa shape index (κ2) is 9.65. The first-order valence-corrected chi connectivity index (χ1v) is 10.2. The average molecular weight is 399 g/mol. The number of benzene rings is 2. The number of carbonyl (C=O) groups is 1. The van der Waals surface area contributed by atoms with E-state index < -0.39 is 0 Å². The third-order valence-corrected chi connectivity index (χ3v) is 5.67. The fraction of sp³-hybridized carbons (Fsp3) is 0.435. The molecule has 6 heteroatoms. The molecule has 1 aliphatic heterocycles. The highest BCUT2D eigenvalue weighted by Gasteiger charge is 2.28. The van der Waals surface area contributed by atoms with Crippen molar-refractivity contribution in [3.05, 3.63) is 53.6 Å². The number of methoxy groups -OCH3 is 2. The Bertz CT molecular complexity index is 815. The Kier molecular flexibility index (Phi) is 6.99. The number of nitrogens with one attached hydrogen (secondary N) is 2. The van der Waals surface area contributed by atoms with Gasteiger partial charge < -0.3 is 24.6 Å². The Morgan fingerprint density at radius 3 is 2.34 bits per heavy atom. The van der Waals surface area contributed by atoms with E-state index in [0.717, 1.165) is 13.1 Å². The second-order valence-electron chi connectivity index (χ2n) is 7.68. The van der Waals surface area contributed by atoms with Crippen molar-refractivity contribution in [1.82, 2.24) is 5.32 Å². The zero-order valence-corrected chi connectivity index (χ0v) is 17.8. The summed E-state index contributed by atoms with van der Waals surface area (Å²) in [6.45, 7) is 2.87. The van der Waals surface area contributed by atoms with Gasteiger partial charge in [-0.05, 0) is 24.3 Å². The minimum atomic E-state index is -0.127. The number of carbonyl (C=O) groups excluding carboxylic acids is 1. The van der Waals surface area contributed by atoms with Crippen molar-refractivity contribution >= 4 is 11.6 Å². The van der Waals surface area contributed by atoms with Crippen LogP contribution in [-0.4, -0.2) is 53.9 Å². The highest BCUT2D eigenvalue weighted by atomic mass is 16.5. The standard InChI is InChI=1S/C23H31N3O3/c1-25(2)18-9-7-17(8-10-18)21(26-13-5-6-14-26)16-24-23(27)20-12-11-19(28-3)15-22(20)29-4/h7-12,15,21H,5-6,13-14,16H2,1-4H3,(H,24,27)/p+1/t21-/m0/s1. The van der Waals surface area contributed by atoms with Gasteiger partial charge in [-0.3, -0.25) is 4.79 Å². The molecule has 2 aromatic carbocycles. The molecule has 0 aromatic heterocycles. The van der Waals surface area contributed by atoms with Crippen LogP contribution in [0.3, 0.4) is 0 Å². The number of likely N-dealkylation sites (tertiary alicyclic amines) is 1. The molecule has 0 spiro atoms. The summed E-state index contributed by atoms with van der Waals surface area (Å²) >= 11 is 0. The van der Waals surface area contributed by atoms with Gasteiger partial charge in [-0.1, -0.05) is 12.1 Å². The highest BCUT2D eigenvalue weighted by molar-refractivity contribution is 5.97. The van der Waals surface area contributed by atoms with Crippen LogP contribution in [-0.2, 0) is 0 Å². The van der Waals surface area contributed by atoms with Gasteiger partial charge in [0, 0.05) is 44.3 Å². The lowest BCUT2D eigenvalue weighted by Gasteiger charge is -2.26. The minimum Gasteiger partial charge on any atom is -0.497 e. The summed E-state index contributed by atoms with van der Waals surface area (Å²) in [4.78, 5) is 16.5. The van der Waals surface area contributed by atoms with E-state index in [1.165, 1.54) is 29.0 Å². The fourth-order valence-corrected chi connectivity index (χ4v) is 3.96. The first-order chi connectivity index (χ1) is 14.0. The summed E-state index contributed by atoms with van der Waals surface area (Å²) < 4.78 is 10.6. The number of amides is 1. The molecular formula is C23H32N3O3+. The molecule has 1 fully saturated rings. The Labute approximate surface area is 173 Å². The van der Waals surface area contributed by atoms with E-state index in [-0.39, 0.29) is 11.9 Å². The van der Waals surface area contributed by atoms with E-state index in [4.69, 9.17) is 9.47 Å². The van der Waals surface area contributed by atoms with Crippen LogP contribution in [0.5, 0.6) is 11.5 Å². The molecule has 0 unspecified atom stereocenters. The molecule has 1 atom stereocenters. The monoisotopic (exact) mass is 398 g/mol. The van der Waals surface area contributed by atoms with E-state index in [2.05, 4.69) is 34.5 Å². The molecule has 156 valence electrons. The van der Waals surface area contributed by atoms with Gasteiger partial charge >= 0.3 is 0 Å². The number of rotatable bonds is 8. The summed E-state index contributed by atoms with van der Waals surface area (Å²) in [6, 6.07) is 14.2. The smallest absolute Gasteiger partial charge is 0.255 e. The zero-order valence-electron chi connectivity index (χ0n) is 17.8. The van der Waals surface area contributed by atoms with Crippen LogP contribution in [0.25, 0.3) is 0 Å². The van der Waals surface area contributed by atoms with E-state index in [0.29, 0.717) is 23.6 Å². The van der Waals surface area contributed by atoms with Crippen molar-refractivity contribution in [2.75, 3.05) is 52.8 Å². The number of hydrogen-bond donors (Lipinski definition) is 2. The Morgan fingerprint density at radius 1 is 1.07 bits per heavy atom. The van der Waals surface area contributed by atoms with Gasteiger partial charge in [0.2, 0.25) is 0 Å². The molecule has 1 heterocycles. The Balaban J connectivity index is 1.75. The topological polar surface area (TPSA) is 55.2 Å². The molecule has 29 heavy (non-hydrogen) atoms. The van der Waals surface area contributed by atoms with Crippen molar-refractivity contribution in [2.45, 2.75) is 18.9 Å². The van der Waals surface area contributed by atoms with Crippen LogP contribution in [0, 0.1) is 0 Å². The molecule has 2 N–H and O–H groups in total. The maximum absolute atomic E-state index is 12.9. The normalized spacial score (nSPS) is 15.0. The van der Waals surface area contributed by atoms with Crippen LogP contribution >= 0.6 is 0 Å². The molecule has 1 saturated heterocycles. The Hall–Kier alpha value is -2.73. The minimum absolute atomic E-state index is 0.127. The van der Waals surface area contributed by atoms with Crippen molar-refractivity contribution in [3.63, 3.8) is 0 Å². The molecular weight excluding hydrogens is 366 g/mol. The van der Waals surface area contributed by atoms with Gasteiger partial charge in [-0.2, -0.15) is 0 Å². The van der Waals surface area contributed by atoms with Crippen LogP contribution in [0.1, 0.15) is 34.8 Å². The van der Waals surface area contributed by atoms with Crippen molar-refractivity contribution in [1.29, 1.82) is 0 Å². The summed E-state index contributed by atoms with van der Waals surface area (Å²) in [6.07, 6.45) is 2.48. The number of anilines is 1. The Morgan fingerprint density at radius 2 is 1.76 bits per heavy atom. The molecule has 0 saturated carbocycles. The van der Waals surface area contributed by atoms with Crippen LogP contribution in [0.4, 0.5) is 5.69 Å². The fourth-order valence-electron chi connectivity index (χ4n) is 3.96. The average Bonchev–Trinajstić information content (AvgIpc) is 3.28. The first-order valence-electron chi connectivity index (χ1n) is 10.2. The molecule has 3 rings (SSSR count). The summed E-state index contributed by atoms with van der Waals surface area (Å²) in [5, 5.41) is 3.13. The van der Waals surface area contributed by atoms with Gasteiger partial charge in [0.1, 0.15) is 17.5 Å². The van der Waals surface area contributed by atoms with Crippen molar-refractivity contribution in [2.24, 2.45) is 0 Å². The molecule has 1 amide bonds. The van der Waals surface area contributed by atoms with Crippen molar-refractivity contribution in [3.8, 4) is 11.5 Å². The van der Waals surface area contributed by atoms with Gasteiger partial charge in [-0.15, -0.1) is 0 Å². The van der Waals surface area contributed by atoms with Gasteiger partial charge in [0.05, 0.1) is 39.4 Å². The molecule has 6 nitrogen and oxygen atoms in total. The third kappa shape index (κ3) is 5.01. The molecule has 2 aromatic rings. The molecule has 0 aliphatic carbocycles. The number of nitrogens with zero attached hydrogens (tertiary/aromatic N) is 1. The molecule has 0 radical (unpaired) electrons. The second-order valence-corrected chi connectivity index (χ2v) is 7.68. The van der Waals surface area contributed by atoms with E-state index in [1.54, 1.807) is 32.4 Å². The summed E-state index contributed by atoms with van der Waals surface area (Å²) in [7, 11) is 7.25. The lowest BCUT2D eigenvalue weighted by atomic mass is 10.0. The van der Waals surface area contributed by atoms with Crippen LogP contribution in [0.2, 0.25) is 0 Å². The predicted octanol–water partition coefficient (Wildman–Crippen LogP) is 1.92. The van der Waals surface area contributed by atoms with E-state index in [9.17, 15) is 4.79 Å². The molecule has 1 aliphatic rings. The highest BCUT2D eigenvalue weighted by Crippen LogP contribution is 2.24. The zero-order chi connectivity index (χ0) is 20.8. The molecule has 0 bridgehead atoms. The number of ether oxygens (including phenoxy) is 2. The first kappa shape index (κ1) is 21.0. The van der Waals surface area contributed by atoms with Crippen LogP contribution < -0.4 is 24.6 Å². The van der Waals surface area contributed by atoms with Crippen LogP contribution in [0.15, 0.2) is 42.5 Å². The SMILES string of the molecule is COc1ccc(C(=O)NC[C@@H](c2ccc(N(C)C)cc2)[NH+]2CCCC2)c(OC)c1. The summed E-state index contributed by atoms with van der Waals surface area (Å²) in [5.41, 5.74) is 2.96.